The van der Waals surface area contributed by atoms with Gasteiger partial charge in [0.05, 0.1) is 0 Å². The molecule has 1 aliphatic carbocycles. The Bertz CT molecular complexity index is 609. The van der Waals surface area contributed by atoms with Gasteiger partial charge in [-0.2, -0.15) is 0 Å². The van der Waals surface area contributed by atoms with Crippen molar-refractivity contribution in [1.29, 1.82) is 0 Å². The molecule has 114 valence electrons. The summed E-state index contributed by atoms with van der Waals surface area (Å²) in [4.78, 5) is 16.1. The van der Waals surface area contributed by atoms with Crippen LogP contribution in [0.15, 0.2) is 54.7 Å². The van der Waals surface area contributed by atoms with Gasteiger partial charge >= 0.3 is 6.03 Å². The number of hydrogen-bond donors (Lipinski definition) is 2. The normalized spacial score (nSPS) is 15.1. The average molecular weight is 295 g/mol. The Labute approximate surface area is 131 Å². The van der Waals surface area contributed by atoms with Crippen molar-refractivity contribution in [2.75, 3.05) is 13.1 Å². The standard InChI is InChI=1S/C18H21N3O/c22-17(20-13-9-16-8-4-5-12-19-16)21-14-18(10-11-18)15-6-2-1-3-7-15/h1-8,12H,9-11,13-14H2,(H2,20,21,22). The molecule has 0 atom stereocenters. The minimum atomic E-state index is -0.0989. The van der Waals surface area contributed by atoms with Gasteiger partial charge < -0.3 is 10.6 Å². The number of amides is 2. The second-order valence-corrected chi connectivity index (χ2v) is 5.83. The highest BCUT2D eigenvalue weighted by Crippen LogP contribution is 2.47. The molecule has 0 radical (unpaired) electrons. The maximum absolute atomic E-state index is 11.9. The molecular formula is C18H21N3O. The van der Waals surface area contributed by atoms with Gasteiger partial charge in [-0.05, 0) is 30.5 Å². The Morgan fingerprint density at radius 3 is 2.50 bits per heavy atom. The number of carbonyl (C=O) groups excluding carboxylic acids is 1. The molecule has 22 heavy (non-hydrogen) atoms. The molecule has 4 nitrogen and oxygen atoms in total. The predicted molar refractivity (Wildman–Crippen MR) is 86.7 cm³/mol. The van der Waals surface area contributed by atoms with Crippen LogP contribution in [0.25, 0.3) is 0 Å². The van der Waals surface area contributed by atoms with E-state index in [4.69, 9.17) is 0 Å². The molecule has 2 N–H and O–H groups in total. The summed E-state index contributed by atoms with van der Waals surface area (Å²) in [7, 11) is 0. The van der Waals surface area contributed by atoms with Crippen LogP contribution < -0.4 is 10.6 Å². The van der Waals surface area contributed by atoms with E-state index in [1.807, 2.05) is 24.3 Å². The third-order valence-electron chi connectivity index (χ3n) is 4.22. The van der Waals surface area contributed by atoms with E-state index in [2.05, 4.69) is 39.9 Å². The predicted octanol–water partition coefficient (Wildman–Crippen LogP) is 2.66. The van der Waals surface area contributed by atoms with E-state index in [0.29, 0.717) is 13.1 Å². The lowest BCUT2D eigenvalue weighted by Crippen LogP contribution is -2.40. The van der Waals surface area contributed by atoms with E-state index in [-0.39, 0.29) is 11.4 Å². The summed E-state index contributed by atoms with van der Waals surface area (Å²) >= 11 is 0. The number of rotatable bonds is 6. The van der Waals surface area contributed by atoms with Crippen molar-refractivity contribution in [3.8, 4) is 0 Å². The number of carbonyl (C=O) groups is 1. The molecule has 0 bridgehead atoms. The lowest BCUT2D eigenvalue weighted by atomic mass is 9.96. The minimum Gasteiger partial charge on any atom is -0.338 e. The van der Waals surface area contributed by atoms with Gasteiger partial charge in [0, 0.05) is 36.8 Å². The fraction of sp³-hybridized carbons (Fsp3) is 0.333. The molecule has 3 rings (SSSR count). The van der Waals surface area contributed by atoms with E-state index < -0.39 is 0 Å². The van der Waals surface area contributed by atoms with Crippen molar-refractivity contribution >= 4 is 6.03 Å². The monoisotopic (exact) mass is 295 g/mol. The first-order valence-electron chi connectivity index (χ1n) is 7.76. The number of urea groups is 1. The summed E-state index contributed by atoms with van der Waals surface area (Å²) in [5.41, 5.74) is 2.47. The first kappa shape index (κ1) is 14.6. The summed E-state index contributed by atoms with van der Waals surface area (Å²) in [5.74, 6) is 0. The van der Waals surface area contributed by atoms with Crippen LogP contribution in [0.2, 0.25) is 0 Å². The first-order chi connectivity index (χ1) is 10.8. The minimum absolute atomic E-state index is 0.0989. The number of hydrogen-bond acceptors (Lipinski definition) is 2. The molecule has 4 heteroatoms. The Morgan fingerprint density at radius 2 is 1.82 bits per heavy atom. The Kier molecular flexibility index (Phi) is 4.37. The molecule has 1 aromatic carbocycles. The molecule has 1 aliphatic rings. The molecule has 0 spiro atoms. The van der Waals surface area contributed by atoms with Gasteiger partial charge in [0.2, 0.25) is 0 Å². The van der Waals surface area contributed by atoms with Gasteiger partial charge in [0.15, 0.2) is 0 Å². The lowest BCUT2D eigenvalue weighted by molar-refractivity contribution is 0.240. The smallest absolute Gasteiger partial charge is 0.314 e. The maximum Gasteiger partial charge on any atom is 0.314 e. The zero-order valence-electron chi connectivity index (χ0n) is 12.6. The van der Waals surface area contributed by atoms with E-state index in [9.17, 15) is 4.79 Å². The average Bonchev–Trinajstić information content (AvgIpc) is 3.36. The highest BCUT2D eigenvalue weighted by Gasteiger charge is 2.44. The lowest BCUT2D eigenvalue weighted by Gasteiger charge is -2.16. The summed E-state index contributed by atoms with van der Waals surface area (Å²) in [5, 5.41) is 5.89. The van der Waals surface area contributed by atoms with Crippen LogP contribution in [-0.4, -0.2) is 24.1 Å². The molecule has 0 unspecified atom stereocenters. The van der Waals surface area contributed by atoms with Crippen molar-refractivity contribution in [2.24, 2.45) is 0 Å². The quantitative estimate of drug-likeness (QED) is 0.861. The van der Waals surface area contributed by atoms with Crippen molar-refractivity contribution in [2.45, 2.75) is 24.7 Å². The number of nitrogens with one attached hydrogen (secondary N) is 2. The summed E-state index contributed by atoms with van der Waals surface area (Å²) in [6.07, 6.45) is 4.81. The van der Waals surface area contributed by atoms with Crippen LogP contribution in [0.1, 0.15) is 24.1 Å². The Morgan fingerprint density at radius 1 is 1.05 bits per heavy atom. The molecule has 0 aliphatic heterocycles. The van der Waals surface area contributed by atoms with Crippen LogP contribution in [0, 0.1) is 0 Å². The maximum atomic E-state index is 11.9. The van der Waals surface area contributed by atoms with Crippen molar-refractivity contribution in [3.63, 3.8) is 0 Å². The van der Waals surface area contributed by atoms with Gasteiger partial charge in [-0.25, -0.2) is 4.79 Å². The molecule has 1 heterocycles. The number of pyridine rings is 1. The zero-order valence-corrected chi connectivity index (χ0v) is 12.6. The Hall–Kier alpha value is -2.36. The van der Waals surface area contributed by atoms with Crippen LogP contribution in [0.5, 0.6) is 0 Å². The van der Waals surface area contributed by atoms with E-state index in [1.165, 1.54) is 5.56 Å². The zero-order chi connectivity index (χ0) is 15.3. The summed E-state index contributed by atoms with van der Waals surface area (Å²) in [6.45, 7) is 1.30. The van der Waals surface area contributed by atoms with E-state index in [1.54, 1.807) is 6.20 Å². The number of aromatic nitrogens is 1. The largest absolute Gasteiger partial charge is 0.338 e. The van der Waals surface area contributed by atoms with Crippen LogP contribution in [-0.2, 0) is 11.8 Å². The van der Waals surface area contributed by atoms with E-state index >= 15 is 0 Å². The highest BCUT2D eigenvalue weighted by atomic mass is 16.2. The van der Waals surface area contributed by atoms with Crippen LogP contribution in [0.4, 0.5) is 4.79 Å². The third-order valence-corrected chi connectivity index (χ3v) is 4.22. The third kappa shape index (κ3) is 3.64. The fourth-order valence-corrected chi connectivity index (χ4v) is 2.67. The first-order valence-corrected chi connectivity index (χ1v) is 7.76. The molecule has 1 fully saturated rings. The van der Waals surface area contributed by atoms with Crippen LogP contribution >= 0.6 is 0 Å². The van der Waals surface area contributed by atoms with Crippen molar-refractivity contribution in [1.82, 2.24) is 15.6 Å². The van der Waals surface area contributed by atoms with Crippen molar-refractivity contribution < 1.29 is 4.79 Å². The van der Waals surface area contributed by atoms with Gasteiger partial charge in [0.25, 0.3) is 0 Å². The van der Waals surface area contributed by atoms with E-state index in [0.717, 1.165) is 25.0 Å². The van der Waals surface area contributed by atoms with Crippen molar-refractivity contribution in [3.05, 3.63) is 66.0 Å². The molecular weight excluding hydrogens is 274 g/mol. The number of nitrogens with zero attached hydrogens (tertiary/aromatic N) is 1. The topological polar surface area (TPSA) is 54.0 Å². The Balaban J connectivity index is 1.41. The molecule has 0 saturated heterocycles. The summed E-state index contributed by atoms with van der Waals surface area (Å²) < 4.78 is 0. The van der Waals surface area contributed by atoms with Gasteiger partial charge in [0.1, 0.15) is 0 Å². The fourth-order valence-electron chi connectivity index (χ4n) is 2.67. The summed E-state index contributed by atoms with van der Waals surface area (Å²) in [6, 6.07) is 16.1. The van der Waals surface area contributed by atoms with Gasteiger partial charge in [-0.3, -0.25) is 4.98 Å². The van der Waals surface area contributed by atoms with Crippen LogP contribution in [0.3, 0.4) is 0 Å². The second-order valence-electron chi connectivity index (χ2n) is 5.83. The molecule has 1 saturated carbocycles. The second kappa shape index (κ2) is 6.60. The molecule has 2 amide bonds. The highest BCUT2D eigenvalue weighted by molar-refractivity contribution is 5.74. The number of benzene rings is 1. The van der Waals surface area contributed by atoms with Gasteiger partial charge in [-0.1, -0.05) is 36.4 Å². The SMILES string of the molecule is O=C(NCCc1ccccn1)NCC1(c2ccccc2)CC1. The molecule has 1 aromatic heterocycles. The molecule has 2 aromatic rings. The van der Waals surface area contributed by atoms with Gasteiger partial charge in [-0.15, -0.1) is 0 Å².